The number of alkyl halides is 3. The first-order valence-electron chi connectivity index (χ1n) is 3.37. The van der Waals surface area contributed by atoms with E-state index in [1.807, 2.05) is 0 Å². The molecule has 0 saturated carbocycles. The van der Waals surface area contributed by atoms with Crippen LogP contribution in [-0.4, -0.2) is 4.92 Å². The van der Waals surface area contributed by atoms with Gasteiger partial charge in [0.25, 0.3) is 5.69 Å². The van der Waals surface area contributed by atoms with Crippen LogP contribution in [0.15, 0.2) is 23.1 Å². The molecule has 0 aliphatic heterocycles. The molecule has 0 saturated heterocycles. The van der Waals surface area contributed by atoms with Gasteiger partial charge in [-0.05, 0) is 6.07 Å². The van der Waals surface area contributed by atoms with Crippen molar-refractivity contribution in [2.24, 2.45) is 0 Å². The van der Waals surface area contributed by atoms with Crippen LogP contribution in [0.25, 0.3) is 0 Å². The third kappa shape index (κ3) is 4.08. The Morgan fingerprint density at radius 1 is 1.33 bits per heavy atom. The van der Waals surface area contributed by atoms with E-state index in [1.54, 1.807) is 0 Å². The van der Waals surface area contributed by atoms with Gasteiger partial charge in [0.05, 0.1) is 9.82 Å². The topological polar surface area (TPSA) is 43.1 Å². The molecule has 0 heterocycles. The normalized spacial score (nSPS) is 10.7. The fourth-order valence-electron chi connectivity index (χ4n) is 0.846. The predicted molar refractivity (Wildman–Crippen MR) is 59.6 cm³/mol. The summed E-state index contributed by atoms with van der Waals surface area (Å²) in [6.45, 7) is 0. The number of nitro groups is 1. The number of nitrogens with zero attached hydrogens (tertiary/aromatic N) is 1. The summed E-state index contributed by atoms with van der Waals surface area (Å²) in [5.41, 5.74) is 0.0594. The molecule has 0 unspecified atom stereocenters. The van der Waals surface area contributed by atoms with Crippen molar-refractivity contribution in [3.63, 3.8) is 0 Å². The second kappa shape index (κ2) is 5.69. The maximum Gasteiger partial charge on any atom is 0.283 e. The van der Waals surface area contributed by atoms with Crippen molar-refractivity contribution in [3.05, 3.63) is 33.9 Å². The van der Waals surface area contributed by atoms with E-state index in [9.17, 15) is 10.1 Å². The molecule has 0 radical (unpaired) electrons. The minimum atomic E-state index is -1.66. The molecule has 0 amide bonds. The number of benzene rings is 1. The van der Waals surface area contributed by atoms with Gasteiger partial charge >= 0.3 is 0 Å². The quantitative estimate of drug-likeness (QED) is 0.279. The van der Waals surface area contributed by atoms with Gasteiger partial charge in [-0.2, -0.15) is 0 Å². The molecule has 0 N–H and O–H groups in total. The number of nitro benzene ring substituents is 1. The van der Waals surface area contributed by atoms with E-state index in [-0.39, 0.29) is 35.6 Å². The van der Waals surface area contributed by atoms with Gasteiger partial charge in [-0.15, -0.1) is 12.6 Å². The zero-order chi connectivity index (χ0) is 10.9. The van der Waals surface area contributed by atoms with E-state index in [4.69, 9.17) is 34.8 Å². The fourth-order valence-corrected chi connectivity index (χ4v) is 1.42. The van der Waals surface area contributed by atoms with Crippen LogP contribution in [0.4, 0.5) is 5.69 Å². The molecular formula is C7H4Cl3NO2SZn. The zero-order valence-electron chi connectivity index (χ0n) is 7.28. The van der Waals surface area contributed by atoms with Crippen LogP contribution in [0.1, 0.15) is 5.56 Å². The van der Waals surface area contributed by atoms with E-state index < -0.39 is 8.72 Å². The predicted octanol–water partition coefficient (Wildman–Crippen LogP) is 3.71. The van der Waals surface area contributed by atoms with E-state index in [0.717, 1.165) is 0 Å². The molecule has 0 atom stereocenters. The molecule has 15 heavy (non-hydrogen) atoms. The third-order valence-corrected chi connectivity index (χ3v) is 2.53. The van der Waals surface area contributed by atoms with Crippen LogP contribution in [0, 0.1) is 10.1 Å². The van der Waals surface area contributed by atoms with Crippen molar-refractivity contribution < 1.29 is 24.4 Å². The maximum atomic E-state index is 10.5. The fraction of sp³-hybridized carbons (Fsp3) is 0.143. The third-order valence-electron chi connectivity index (χ3n) is 1.50. The minimum absolute atomic E-state index is 0. The van der Waals surface area contributed by atoms with Crippen LogP contribution < -0.4 is 0 Å². The van der Waals surface area contributed by atoms with E-state index in [0.29, 0.717) is 0 Å². The first kappa shape index (κ1) is 15.5. The van der Waals surface area contributed by atoms with Gasteiger partial charge in [-0.3, -0.25) is 10.1 Å². The average molecular weight is 338 g/mol. The summed E-state index contributed by atoms with van der Waals surface area (Å²) in [5, 5.41) is 10.5. The first-order chi connectivity index (χ1) is 6.32. The molecule has 1 aromatic carbocycles. The Bertz CT molecular complexity index is 383. The van der Waals surface area contributed by atoms with Crippen LogP contribution in [0.3, 0.4) is 0 Å². The average Bonchev–Trinajstić information content (AvgIpc) is 2.02. The van der Waals surface area contributed by atoms with Gasteiger partial charge in [-0.25, -0.2) is 0 Å². The van der Waals surface area contributed by atoms with Gasteiger partial charge in [-0.1, -0.05) is 40.9 Å². The second-order valence-electron chi connectivity index (χ2n) is 2.46. The van der Waals surface area contributed by atoms with Gasteiger partial charge in [0, 0.05) is 31.1 Å². The van der Waals surface area contributed by atoms with E-state index >= 15 is 0 Å². The molecule has 0 bridgehead atoms. The van der Waals surface area contributed by atoms with Crippen LogP contribution >= 0.6 is 47.4 Å². The number of rotatable bonds is 1. The summed E-state index contributed by atoms with van der Waals surface area (Å²) in [6.07, 6.45) is 0. The van der Waals surface area contributed by atoms with Gasteiger partial charge in [0.2, 0.25) is 3.79 Å². The Kier molecular flexibility index (Phi) is 5.87. The minimum Gasteiger partial charge on any atom is -0.258 e. The summed E-state index contributed by atoms with van der Waals surface area (Å²) < 4.78 is -1.66. The van der Waals surface area contributed by atoms with Crippen LogP contribution in [0.2, 0.25) is 0 Å². The molecule has 0 aliphatic rings. The van der Waals surface area contributed by atoms with Gasteiger partial charge in [0.1, 0.15) is 0 Å². The molecular weight excluding hydrogens is 334 g/mol. The Morgan fingerprint density at radius 3 is 2.27 bits per heavy atom. The molecule has 0 aromatic heterocycles. The number of thiol groups is 1. The number of halogens is 3. The maximum absolute atomic E-state index is 10.5. The molecule has 78 valence electrons. The van der Waals surface area contributed by atoms with Crippen LogP contribution in [-0.2, 0) is 23.3 Å². The Morgan fingerprint density at radius 2 is 1.87 bits per heavy atom. The molecule has 0 spiro atoms. The van der Waals surface area contributed by atoms with E-state index in [2.05, 4.69) is 12.6 Å². The second-order valence-corrected chi connectivity index (χ2v) is 5.22. The summed E-state index contributed by atoms with van der Waals surface area (Å²) in [4.78, 5) is 10.2. The molecule has 1 aromatic rings. The molecule has 1 rings (SSSR count). The smallest absolute Gasteiger partial charge is 0.258 e. The van der Waals surface area contributed by atoms with Crippen LogP contribution in [0.5, 0.6) is 0 Å². The summed E-state index contributed by atoms with van der Waals surface area (Å²) in [7, 11) is 0. The summed E-state index contributed by atoms with van der Waals surface area (Å²) >= 11 is 20.6. The van der Waals surface area contributed by atoms with Gasteiger partial charge < -0.3 is 0 Å². The Hall–Kier alpha value is 0.463. The van der Waals surface area contributed by atoms with Crippen molar-refractivity contribution in [3.8, 4) is 0 Å². The summed E-state index contributed by atoms with van der Waals surface area (Å²) in [6, 6.07) is 4.08. The van der Waals surface area contributed by atoms with Crippen molar-refractivity contribution in [1.29, 1.82) is 0 Å². The zero-order valence-corrected chi connectivity index (χ0v) is 13.4. The summed E-state index contributed by atoms with van der Waals surface area (Å²) in [5.74, 6) is 0. The number of hydrogen-bond acceptors (Lipinski definition) is 3. The van der Waals surface area contributed by atoms with Crippen molar-refractivity contribution >= 4 is 53.1 Å². The molecule has 8 heteroatoms. The first-order valence-corrected chi connectivity index (χ1v) is 4.95. The molecule has 0 aliphatic carbocycles. The Balaban J connectivity index is 0.00000196. The Labute approximate surface area is 119 Å². The SMILES string of the molecule is O=[N+]([O-])c1cc(C(Cl)(Cl)Cl)ccc1S.[Zn]. The van der Waals surface area contributed by atoms with Crippen molar-refractivity contribution in [2.75, 3.05) is 0 Å². The standard InChI is InChI=1S/C7H4Cl3NO2S.Zn/c8-7(9,10)4-1-2-6(14)5(3-4)11(12)13;/h1-3,14H;. The largest absolute Gasteiger partial charge is 0.283 e. The van der Waals surface area contributed by atoms with E-state index in [1.165, 1.54) is 18.2 Å². The monoisotopic (exact) mass is 335 g/mol. The molecule has 0 fully saturated rings. The number of hydrogen-bond donors (Lipinski definition) is 1. The molecule has 3 nitrogen and oxygen atoms in total. The van der Waals surface area contributed by atoms with Gasteiger partial charge in [0.15, 0.2) is 0 Å². The van der Waals surface area contributed by atoms with Crippen molar-refractivity contribution in [2.45, 2.75) is 8.69 Å². The van der Waals surface area contributed by atoms with Crippen molar-refractivity contribution in [1.82, 2.24) is 0 Å².